The molecule has 10 heteroatoms. The van der Waals surface area contributed by atoms with Crippen LogP contribution in [0.15, 0.2) is 29.3 Å². The highest BCUT2D eigenvalue weighted by atomic mass is 127. The van der Waals surface area contributed by atoms with Crippen molar-refractivity contribution in [2.45, 2.75) is 39.2 Å². The number of nitro groups is 1. The van der Waals surface area contributed by atoms with Crippen LogP contribution < -0.4 is 10.6 Å². The first kappa shape index (κ1) is 28.5. The molecule has 0 unspecified atom stereocenters. The zero-order valence-electron chi connectivity index (χ0n) is 19.1. The Balaban J connectivity index is 0.00000512. The topological polar surface area (TPSA) is 101 Å². The van der Waals surface area contributed by atoms with Gasteiger partial charge in [-0.2, -0.15) is 0 Å². The third kappa shape index (κ3) is 12.5. The summed E-state index contributed by atoms with van der Waals surface area (Å²) in [5.74, 6) is 0.758. The first-order chi connectivity index (χ1) is 15.2. The number of rotatable bonds is 14. The first-order valence-corrected chi connectivity index (χ1v) is 11.3. The van der Waals surface area contributed by atoms with E-state index in [2.05, 4.69) is 27.4 Å². The molecule has 1 aliphatic rings. The third-order valence-electron chi connectivity index (χ3n) is 5.01. The van der Waals surface area contributed by atoms with E-state index < -0.39 is 4.92 Å². The lowest BCUT2D eigenvalue weighted by Crippen LogP contribution is -2.41. The number of nitrogens with zero attached hydrogens (tertiary/aromatic N) is 3. The summed E-state index contributed by atoms with van der Waals surface area (Å²) in [5, 5.41) is 17.6. The average molecular weight is 563 g/mol. The van der Waals surface area contributed by atoms with Gasteiger partial charge in [-0.1, -0.05) is 25.5 Å². The quantitative estimate of drug-likeness (QED) is 0.0896. The molecule has 1 fully saturated rings. The molecule has 0 atom stereocenters. The van der Waals surface area contributed by atoms with Crippen molar-refractivity contribution in [1.82, 2.24) is 15.5 Å². The highest BCUT2D eigenvalue weighted by Gasteiger charge is 2.09. The number of morpholine rings is 1. The fourth-order valence-corrected chi connectivity index (χ4v) is 3.13. The molecule has 0 spiro atoms. The summed E-state index contributed by atoms with van der Waals surface area (Å²) in [6.45, 7) is 10.4. The van der Waals surface area contributed by atoms with Crippen LogP contribution in [0.4, 0.5) is 5.69 Å². The van der Waals surface area contributed by atoms with E-state index in [1.807, 2.05) is 0 Å². The molecule has 0 bridgehead atoms. The summed E-state index contributed by atoms with van der Waals surface area (Å²) in [6.07, 6.45) is 4.18. The molecule has 0 aliphatic carbocycles. The fourth-order valence-electron chi connectivity index (χ4n) is 3.13. The minimum absolute atomic E-state index is 0. The van der Waals surface area contributed by atoms with Gasteiger partial charge in [0.15, 0.2) is 5.96 Å². The van der Waals surface area contributed by atoms with Crippen LogP contribution in [0, 0.1) is 10.1 Å². The Labute approximate surface area is 208 Å². The lowest BCUT2D eigenvalue weighted by atomic mass is 10.2. The van der Waals surface area contributed by atoms with E-state index in [0.717, 1.165) is 96.4 Å². The summed E-state index contributed by atoms with van der Waals surface area (Å²) in [5.41, 5.74) is 1.03. The summed E-state index contributed by atoms with van der Waals surface area (Å²) >= 11 is 0. The zero-order chi connectivity index (χ0) is 22.2. The number of ether oxygens (including phenoxy) is 2. The summed E-state index contributed by atoms with van der Waals surface area (Å²) < 4.78 is 11.0. The van der Waals surface area contributed by atoms with Crippen molar-refractivity contribution in [3.05, 3.63) is 39.9 Å². The Morgan fingerprint density at radius 2 is 1.78 bits per heavy atom. The van der Waals surface area contributed by atoms with Crippen molar-refractivity contribution >= 4 is 35.6 Å². The van der Waals surface area contributed by atoms with E-state index in [0.29, 0.717) is 6.54 Å². The number of hydrogen-bond donors (Lipinski definition) is 2. The standard InChI is InChI=1S/C22H37N5O4.HI/c1-2-3-15-30-16-5-11-24-22(23-10-4-12-26-13-17-31-18-14-26)25-19-20-6-8-21(9-7-20)27(28)29;/h6-9H,2-5,10-19H2,1H3,(H2,23,24,25);1H. The van der Waals surface area contributed by atoms with E-state index in [9.17, 15) is 10.1 Å². The van der Waals surface area contributed by atoms with Gasteiger partial charge >= 0.3 is 0 Å². The minimum atomic E-state index is -0.390. The Kier molecular flexibility index (Phi) is 16.0. The van der Waals surface area contributed by atoms with Crippen LogP contribution in [-0.2, 0) is 16.0 Å². The lowest BCUT2D eigenvalue weighted by molar-refractivity contribution is -0.384. The number of nitrogens with one attached hydrogen (secondary N) is 2. The number of aliphatic imine (C=N–C) groups is 1. The smallest absolute Gasteiger partial charge is 0.269 e. The molecule has 2 N–H and O–H groups in total. The van der Waals surface area contributed by atoms with Crippen LogP contribution >= 0.6 is 24.0 Å². The van der Waals surface area contributed by atoms with Gasteiger partial charge in [-0.3, -0.25) is 15.0 Å². The van der Waals surface area contributed by atoms with Crippen LogP contribution in [0.2, 0.25) is 0 Å². The second-order valence-electron chi connectivity index (χ2n) is 7.57. The second kappa shape index (κ2) is 18.0. The van der Waals surface area contributed by atoms with Gasteiger partial charge in [-0.05, 0) is 31.4 Å². The van der Waals surface area contributed by atoms with Crippen LogP contribution in [0.3, 0.4) is 0 Å². The number of nitro benzene ring substituents is 1. The van der Waals surface area contributed by atoms with Crippen molar-refractivity contribution in [3.63, 3.8) is 0 Å². The second-order valence-corrected chi connectivity index (χ2v) is 7.57. The van der Waals surface area contributed by atoms with Gasteiger partial charge in [0.2, 0.25) is 0 Å². The molecule has 1 saturated heterocycles. The molecule has 2 rings (SSSR count). The van der Waals surface area contributed by atoms with Crippen LogP contribution in [0.5, 0.6) is 0 Å². The molecular formula is C22H38IN5O4. The largest absolute Gasteiger partial charge is 0.381 e. The summed E-state index contributed by atoms with van der Waals surface area (Å²) in [4.78, 5) is 17.5. The highest BCUT2D eigenvalue weighted by Crippen LogP contribution is 2.12. The maximum Gasteiger partial charge on any atom is 0.269 e. The van der Waals surface area contributed by atoms with Crippen molar-refractivity contribution in [2.75, 3.05) is 59.2 Å². The predicted molar refractivity (Wildman–Crippen MR) is 138 cm³/mol. The van der Waals surface area contributed by atoms with Crippen molar-refractivity contribution in [3.8, 4) is 0 Å². The van der Waals surface area contributed by atoms with Gasteiger partial charge in [-0.25, -0.2) is 4.99 Å². The Morgan fingerprint density at radius 1 is 1.12 bits per heavy atom. The number of halogens is 1. The number of guanidine groups is 1. The van der Waals surface area contributed by atoms with Gasteiger partial charge in [0.1, 0.15) is 0 Å². The van der Waals surface area contributed by atoms with E-state index in [-0.39, 0.29) is 29.7 Å². The highest BCUT2D eigenvalue weighted by molar-refractivity contribution is 14.0. The Morgan fingerprint density at radius 3 is 2.44 bits per heavy atom. The molecule has 1 heterocycles. The zero-order valence-corrected chi connectivity index (χ0v) is 21.4. The van der Waals surface area contributed by atoms with Crippen molar-refractivity contribution in [1.29, 1.82) is 0 Å². The lowest BCUT2D eigenvalue weighted by Gasteiger charge is -2.26. The monoisotopic (exact) mass is 563 g/mol. The SMILES string of the molecule is CCCCOCCCNC(=NCc1ccc([N+](=O)[O-])cc1)NCCCN1CCOCC1.I. The van der Waals surface area contributed by atoms with Crippen LogP contribution in [0.1, 0.15) is 38.2 Å². The Bertz CT molecular complexity index is 654. The van der Waals surface area contributed by atoms with Gasteiger partial charge in [0.05, 0.1) is 24.7 Å². The van der Waals surface area contributed by atoms with Crippen molar-refractivity contribution in [2.24, 2.45) is 4.99 Å². The average Bonchev–Trinajstić information content (AvgIpc) is 2.80. The number of benzene rings is 1. The molecule has 1 aromatic rings. The van der Waals surface area contributed by atoms with Gasteiger partial charge < -0.3 is 20.1 Å². The predicted octanol–water partition coefficient (Wildman–Crippen LogP) is 3.18. The molecule has 1 aromatic carbocycles. The van der Waals surface area contributed by atoms with Crippen molar-refractivity contribution < 1.29 is 14.4 Å². The normalized spacial score (nSPS) is 14.6. The molecule has 32 heavy (non-hydrogen) atoms. The molecule has 0 saturated carbocycles. The molecule has 0 amide bonds. The minimum Gasteiger partial charge on any atom is -0.381 e. The maximum absolute atomic E-state index is 10.8. The molecule has 1 aliphatic heterocycles. The number of hydrogen-bond acceptors (Lipinski definition) is 6. The van der Waals surface area contributed by atoms with Gasteiger partial charge in [0.25, 0.3) is 5.69 Å². The summed E-state index contributed by atoms with van der Waals surface area (Å²) in [7, 11) is 0. The fraction of sp³-hybridized carbons (Fsp3) is 0.682. The van der Waals surface area contributed by atoms with Gasteiger partial charge in [-0.15, -0.1) is 24.0 Å². The molecular weight excluding hydrogens is 525 g/mol. The van der Waals surface area contributed by atoms with E-state index in [1.54, 1.807) is 12.1 Å². The Hall–Kier alpha value is -1.50. The van der Waals surface area contributed by atoms with Gasteiger partial charge in [0, 0.05) is 51.5 Å². The molecule has 0 aromatic heterocycles. The number of non-ortho nitro benzene ring substituents is 1. The van der Waals surface area contributed by atoms with E-state index in [1.165, 1.54) is 12.1 Å². The number of unbranched alkanes of at least 4 members (excludes halogenated alkanes) is 1. The van der Waals surface area contributed by atoms with E-state index >= 15 is 0 Å². The summed E-state index contributed by atoms with van der Waals surface area (Å²) in [6, 6.07) is 6.53. The van der Waals surface area contributed by atoms with Crippen LogP contribution in [-0.4, -0.2) is 74.9 Å². The van der Waals surface area contributed by atoms with Crippen LogP contribution in [0.25, 0.3) is 0 Å². The molecule has 9 nitrogen and oxygen atoms in total. The maximum atomic E-state index is 10.8. The molecule has 182 valence electrons. The third-order valence-corrected chi connectivity index (χ3v) is 5.01. The molecule has 0 radical (unpaired) electrons. The van der Waals surface area contributed by atoms with E-state index in [4.69, 9.17) is 9.47 Å². The first-order valence-electron chi connectivity index (χ1n) is 11.3.